The van der Waals surface area contributed by atoms with Crippen LogP contribution in [0, 0.1) is 5.82 Å². The zero-order chi connectivity index (χ0) is 19.4. The van der Waals surface area contributed by atoms with Gasteiger partial charge in [-0.2, -0.15) is 0 Å². The quantitative estimate of drug-likeness (QED) is 0.451. The smallest absolute Gasteiger partial charge is 0.262 e. The van der Waals surface area contributed by atoms with Gasteiger partial charge in [0.2, 0.25) is 5.91 Å². The van der Waals surface area contributed by atoms with Crippen LogP contribution in [0.2, 0.25) is 0 Å². The summed E-state index contributed by atoms with van der Waals surface area (Å²) in [7, 11) is 0. The highest BCUT2D eigenvalue weighted by atomic mass is 32.2. The highest BCUT2D eigenvalue weighted by Crippen LogP contribution is 2.24. The van der Waals surface area contributed by atoms with Gasteiger partial charge in [-0.05, 0) is 55.5 Å². The number of halogens is 1. The first-order valence-corrected chi connectivity index (χ1v) is 9.60. The van der Waals surface area contributed by atoms with Crippen LogP contribution in [0.3, 0.4) is 0 Å². The SMILES string of the molecule is C[C@H](C(=O)NCCCSc1ccc(F)cc1)N1C(=O)c2ccccc2C1=O. The Kier molecular flexibility index (Phi) is 5.91. The number of amides is 3. The molecule has 1 heterocycles. The summed E-state index contributed by atoms with van der Waals surface area (Å²) in [5, 5.41) is 2.76. The molecule has 0 saturated carbocycles. The summed E-state index contributed by atoms with van der Waals surface area (Å²) in [6, 6.07) is 11.9. The number of rotatable bonds is 7. The molecule has 0 fully saturated rings. The zero-order valence-electron chi connectivity index (χ0n) is 14.8. The number of carbonyl (C=O) groups is 3. The lowest BCUT2D eigenvalue weighted by atomic mass is 10.1. The average molecular weight is 386 g/mol. The monoisotopic (exact) mass is 386 g/mol. The predicted octanol–water partition coefficient (Wildman–Crippen LogP) is 3.11. The third kappa shape index (κ3) is 4.19. The van der Waals surface area contributed by atoms with E-state index in [4.69, 9.17) is 0 Å². The molecular weight excluding hydrogens is 367 g/mol. The number of hydrogen-bond donors (Lipinski definition) is 1. The lowest BCUT2D eigenvalue weighted by Gasteiger charge is -2.21. The molecule has 7 heteroatoms. The zero-order valence-corrected chi connectivity index (χ0v) is 15.6. The lowest BCUT2D eigenvalue weighted by molar-refractivity contribution is -0.124. The minimum Gasteiger partial charge on any atom is -0.354 e. The van der Waals surface area contributed by atoms with Crippen LogP contribution in [0.25, 0.3) is 0 Å². The molecule has 27 heavy (non-hydrogen) atoms. The molecule has 1 aliphatic rings. The maximum atomic E-state index is 12.9. The van der Waals surface area contributed by atoms with Gasteiger partial charge in [0.05, 0.1) is 11.1 Å². The largest absolute Gasteiger partial charge is 0.354 e. The van der Waals surface area contributed by atoms with Gasteiger partial charge in [0.15, 0.2) is 0 Å². The maximum absolute atomic E-state index is 12.9. The molecule has 0 unspecified atom stereocenters. The van der Waals surface area contributed by atoms with Crippen LogP contribution in [0.1, 0.15) is 34.1 Å². The van der Waals surface area contributed by atoms with Crippen molar-refractivity contribution in [1.82, 2.24) is 10.2 Å². The van der Waals surface area contributed by atoms with E-state index in [2.05, 4.69) is 5.32 Å². The molecule has 0 aliphatic carbocycles. The lowest BCUT2D eigenvalue weighted by Crippen LogP contribution is -2.48. The predicted molar refractivity (Wildman–Crippen MR) is 101 cm³/mol. The first-order valence-electron chi connectivity index (χ1n) is 8.62. The number of imide groups is 1. The Hall–Kier alpha value is -2.67. The molecule has 0 saturated heterocycles. The second kappa shape index (κ2) is 8.35. The van der Waals surface area contributed by atoms with Gasteiger partial charge < -0.3 is 5.32 Å². The highest BCUT2D eigenvalue weighted by molar-refractivity contribution is 7.99. The molecule has 2 aromatic carbocycles. The molecule has 1 N–H and O–H groups in total. The summed E-state index contributed by atoms with van der Waals surface area (Å²) in [5.41, 5.74) is 0.663. The molecule has 0 bridgehead atoms. The topological polar surface area (TPSA) is 66.5 Å². The van der Waals surface area contributed by atoms with Crippen molar-refractivity contribution >= 4 is 29.5 Å². The molecule has 1 aliphatic heterocycles. The Morgan fingerprint density at radius 1 is 1.07 bits per heavy atom. The van der Waals surface area contributed by atoms with Crippen molar-refractivity contribution in [3.05, 3.63) is 65.5 Å². The van der Waals surface area contributed by atoms with Crippen LogP contribution in [-0.4, -0.2) is 41.0 Å². The highest BCUT2D eigenvalue weighted by Gasteiger charge is 2.40. The van der Waals surface area contributed by atoms with Crippen LogP contribution in [0.5, 0.6) is 0 Å². The number of nitrogens with zero attached hydrogens (tertiary/aromatic N) is 1. The Morgan fingerprint density at radius 2 is 1.67 bits per heavy atom. The molecule has 140 valence electrons. The Bertz CT molecular complexity index is 835. The Morgan fingerprint density at radius 3 is 2.26 bits per heavy atom. The van der Waals surface area contributed by atoms with E-state index in [1.54, 1.807) is 55.1 Å². The fourth-order valence-electron chi connectivity index (χ4n) is 2.83. The molecule has 3 amide bonds. The molecule has 0 aromatic heterocycles. The van der Waals surface area contributed by atoms with E-state index in [-0.39, 0.29) is 11.7 Å². The van der Waals surface area contributed by atoms with E-state index >= 15 is 0 Å². The van der Waals surface area contributed by atoms with Gasteiger partial charge in [0, 0.05) is 11.4 Å². The van der Waals surface area contributed by atoms with Crippen molar-refractivity contribution < 1.29 is 18.8 Å². The van der Waals surface area contributed by atoms with Crippen molar-refractivity contribution in [2.45, 2.75) is 24.3 Å². The van der Waals surface area contributed by atoms with Crippen LogP contribution in [-0.2, 0) is 4.79 Å². The van der Waals surface area contributed by atoms with Gasteiger partial charge in [0.25, 0.3) is 11.8 Å². The van der Waals surface area contributed by atoms with E-state index in [1.165, 1.54) is 12.1 Å². The van der Waals surface area contributed by atoms with Crippen molar-refractivity contribution in [2.75, 3.05) is 12.3 Å². The third-order valence-corrected chi connectivity index (χ3v) is 5.39. The van der Waals surface area contributed by atoms with E-state index in [1.807, 2.05) is 0 Å². The first-order chi connectivity index (χ1) is 13.0. The van der Waals surface area contributed by atoms with Gasteiger partial charge in [-0.25, -0.2) is 4.39 Å². The molecule has 5 nitrogen and oxygen atoms in total. The fraction of sp³-hybridized carbons (Fsp3) is 0.250. The van der Waals surface area contributed by atoms with E-state index < -0.39 is 17.9 Å². The number of benzene rings is 2. The molecule has 3 rings (SSSR count). The fourth-order valence-corrected chi connectivity index (χ4v) is 3.68. The minimum atomic E-state index is -0.873. The maximum Gasteiger partial charge on any atom is 0.262 e. The molecule has 1 atom stereocenters. The molecule has 2 aromatic rings. The first kappa shape index (κ1) is 19.1. The summed E-state index contributed by atoms with van der Waals surface area (Å²) < 4.78 is 12.9. The van der Waals surface area contributed by atoms with Crippen LogP contribution >= 0.6 is 11.8 Å². The number of carbonyl (C=O) groups excluding carboxylic acids is 3. The minimum absolute atomic E-state index is 0.270. The van der Waals surface area contributed by atoms with E-state index in [0.717, 1.165) is 15.5 Å². The van der Waals surface area contributed by atoms with Crippen LogP contribution in [0.15, 0.2) is 53.4 Å². The molecular formula is C20H19FN2O3S. The van der Waals surface area contributed by atoms with Crippen molar-refractivity contribution in [3.8, 4) is 0 Å². The Labute approximate surface area is 160 Å². The van der Waals surface area contributed by atoms with Gasteiger partial charge >= 0.3 is 0 Å². The summed E-state index contributed by atoms with van der Waals surface area (Å²) in [5.74, 6) is -0.756. The Balaban J connectivity index is 1.46. The summed E-state index contributed by atoms with van der Waals surface area (Å²) in [6.45, 7) is 1.98. The normalized spacial score (nSPS) is 14.2. The van der Waals surface area contributed by atoms with Gasteiger partial charge in [0.1, 0.15) is 11.9 Å². The third-order valence-electron chi connectivity index (χ3n) is 4.29. The van der Waals surface area contributed by atoms with Gasteiger partial charge in [-0.3, -0.25) is 19.3 Å². The van der Waals surface area contributed by atoms with Crippen LogP contribution in [0.4, 0.5) is 4.39 Å². The second-order valence-electron chi connectivity index (χ2n) is 6.15. The summed E-state index contributed by atoms with van der Waals surface area (Å²) in [6.07, 6.45) is 0.711. The van der Waals surface area contributed by atoms with Crippen molar-refractivity contribution in [1.29, 1.82) is 0 Å². The average Bonchev–Trinajstić information content (AvgIpc) is 2.93. The molecule has 0 spiro atoms. The van der Waals surface area contributed by atoms with Gasteiger partial charge in [-0.15, -0.1) is 11.8 Å². The number of fused-ring (bicyclic) bond motifs is 1. The summed E-state index contributed by atoms with van der Waals surface area (Å²) >= 11 is 1.57. The molecule has 0 radical (unpaired) electrons. The number of hydrogen-bond acceptors (Lipinski definition) is 4. The second-order valence-corrected chi connectivity index (χ2v) is 7.32. The standard InChI is InChI=1S/C20H19FN2O3S/c1-13(23-19(25)16-5-2-3-6-17(16)20(23)26)18(24)22-11-4-12-27-15-9-7-14(21)8-10-15/h2-3,5-10,13H,4,11-12H2,1H3,(H,22,24)/t13-/m1/s1. The van der Waals surface area contributed by atoms with E-state index in [0.29, 0.717) is 24.1 Å². The van der Waals surface area contributed by atoms with Crippen molar-refractivity contribution in [2.24, 2.45) is 0 Å². The van der Waals surface area contributed by atoms with Crippen molar-refractivity contribution in [3.63, 3.8) is 0 Å². The van der Waals surface area contributed by atoms with E-state index in [9.17, 15) is 18.8 Å². The van der Waals surface area contributed by atoms with Gasteiger partial charge in [-0.1, -0.05) is 12.1 Å². The van der Waals surface area contributed by atoms with Crippen LogP contribution < -0.4 is 5.32 Å². The summed E-state index contributed by atoms with van der Waals surface area (Å²) in [4.78, 5) is 39.1. The number of thioether (sulfide) groups is 1. The number of nitrogens with one attached hydrogen (secondary N) is 1.